The van der Waals surface area contributed by atoms with Gasteiger partial charge in [0.2, 0.25) is 15.9 Å². The fourth-order valence-corrected chi connectivity index (χ4v) is 5.25. The zero-order chi connectivity index (χ0) is 20.6. The van der Waals surface area contributed by atoms with E-state index in [4.69, 9.17) is 0 Å². The molecular formula is C21H22FN3O3S. The molecule has 3 aromatic rings. The topological polar surface area (TPSA) is 62.6 Å². The lowest BCUT2D eigenvalue weighted by atomic mass is 10.2. The Hall–Kier alpha value is -2.71. The summed E-state index contributed by atoms with van der Waals surface area (Å²) in [7, 11) is -3.91. The first-order chi connectivity index (χ1) is 13.9. The molecule has 0 radical (unpaired) electrons. The number of benzene rings is 2. The van der Waals surface area contributed by atoms with Crippen molar-refractivity contribution in [1.82, 2.24) is 13.8 Å². The van der Waals surface area contributed by atoms with Crippen molar-refractivity contribution in [2.75, 3.05) is 26.2 Å². The van der Waals surface area contributed by atoms with Crippen LogP contribution in [0, 0.1) is 12.7 Å². The van der Waals surface area contributed by atoms with Gasteiger partial charge in [-0.05, 0) is 36.6 Å². The van der Waals surface area contributed by atoms with Crippen LogP contribution in [-0.2, 0) is 21.4 Å². The van der Waals surface area contributed by atoms with Crippen molar-refractivity contribution in [3.8, 4) is 0 Å². The lowest BCUT2D eigenvalue weighted by Crippen LogP contribution is -2.51. The van der Waals surface area contributed by atoms with E-state index in [-0.39, 0.29) is 43.5 Å². The van der Waals surface area contributed by atoms with Crippen molar-refractivity contribution in [1.29, 1.82) is 0 Å². The van der Waals surface area contributed by atoms with Gasteiger partial charge < -0.3 is 9.47 Å². The molecule has 152 valence electrons. The van der Waals surface area contributed by atoms with Crippen molar-refractivity contribution < 1.29 is 17.6 Å². The molecule has 4 rings (SSSR count). The highest BCUT2D eigenvalue weighted by Crippen LogP contribution is 2.22. The van der Waals surface area contributed by atoms with Crippen LogP contribution >= 0.6 is 0 Å². The van der Waals surface area contributed by atoms with Crippen LogP contribution in [0.1, 0.15) is 5.69 Å². The Balaban J connectivity index is 1.45. The molecule has 1 saturated heterocycles. The van der Waals surface area contributed by atoms with Crippen molar-refractivity contribution >= 4 is 26.8 Å². The average Bonchev–Trinajstić information content (AvgIpc) is 3.03. The summed E-state index contributed by atoms with van der Waals surface area (Å²) in [5.74, 6) is -0.821. The van der Waals surface area contributed by atoms with E-state index in [9.17, 15) is 17.6 Å². The van der Waals surface area contributed by atoms with Crippen LogP contribution in [0.5, 0.6) is 0 Å². The Kier molecular flexibility index (Phi) is 5.14. The van der Waals surface area contributed by atoms with Crippen molar-refractivity contribution in [3.63, 3.8) is 0 Å². The minimum atomic E-state index is -3.91. The highest BCUT2D eigenvalue weighted by Gasteiger charge is 2.31. The van der Waals surface area contributed by atoms with Crippen LogP contribution in [0.4, 0.5) is 4.39 Å². The zero-order valence-electron chi connectivity index (χ0n) is 16.1. The molecule has 0 atom stereocenters. The van der Waals surface area contributed by atoms with Crippen LogP contribution in [0.3, 0.4) is 0 Å². The summed E-state index contributed by atoms with van der Waals surface area (Å²) in [6, 6.07) is 15.3. The maximum Gasteiger partial charge on any atom is 0.246 e. The van der Waals surface area contributed by atoms with Crippen LogP contribution in [-0.4, -0.2) is 54.3 Å². The number of nitrogens with zero attached hydrogens (tertiary/aromatic N) is 3. The van der Waals surface area contributed by atoms with E-state index in [1.807, 2.05) is 41.8 Å². The predicted octanol–water partition coefficient (Wildman–Crippen LogP) is 2.62. The molecule has 0 bridgehead atoms. The first-order valence-electron chi connectivity index (χ1n) is 9.45. The molecule has 1 amide bonds. The number of fused-ring (bicyclic) bond motifs is 1. The zero-order valence-corrected chi connectivity index (χ0v) is 16.9. The van der Waals surface area contributed by atoms with Crippen molar-refractivity contribution in [2.45, 2.75) is 18.4 Å². The summed E-state index contributed by atoms with van der Waals surface area (Å²) >= 11 is 0. The Morgan fingerprint density at radius 1 is 1.00 bits per heavy atom. The molecule has 1 aromatic heterocycles. The molecule has 0 unspecified atom stereocenters. The molecule has 29 heavy (non-hydrogen) atoms. The first kappa shape index (κ1) is 19.6. The number of carbonyl (C=O) groups excluding carboxylic acids is 1. The predicted molar refractivity (Wildman–Crippen MR) is 108 cm³/mol. The molecule has 2 aromatic carbocycles. The highest BCUT2D eigenvalue weighted by atomic mass is 32.2. The maximum absolute atomic E-state index is 13.9. The molecule has 1 aliphatic heterocycles. The van der Waals surface area contributed by atoms with Gasteiger partial charge in [0.15, 0.2) is 0 Å². The van der Waals surface area contributed by atoms with Crippen LogP contribution in [0.25, 0.3) is 10.9 Å². The molecule has 8 heteroatoms. The van der Waals surface area contributed by atoms with E-state index >= 15 is 0 Å². The number of sulfonamides is 1. The maximum atomic E-state index is 13.9. The molecule has 2 heterocycles. The Morgan fingerprint density at radius 2 is 1.66 bits per heavy atom. The molecule has 0 spiro atoms. The second-order valence-corrected chi connectivity index (χ2v) is 9.05. The minimum absolute atomic E-state index is 0.0580. The summed E-state index contributed by atoms with van der Waals surface area (Å²) in [5.41, 5.74) is 2.00. The first-order valence-corrected chi connectivity index (χ1v) is 10.9. The third-order valence-electron chi connectivity index (χ3n) is 5.36. The van der Waals surface area contributed by atoms with E-state index < -0.39 is 15.8 Å². The number of rotatable bonds is 4. The summed E-state index contributed by atoms with van der Waals surface area (Å²) in [6.07, 6.45) is 0. The molecule has 0 saturated carbocycles. The largest absolute Gasteiger partial charge is 0.339 e. The smallest absolute Gasteiger partial charge is 0.246 e. The number of hydrogen-bond donors (Lipinski definition) is 0. The van der Waals surface area contributed by atoms with Crippen molar-refractivity contribution in [2.24, 2.45) is 0 Å². The van der Waals surface area contributed by atoms with Gasteiger partial charge in [-0.25, -0.2) is 12.8 Å². The Labute approximate surface area is 169 Å². The number of piperazine rings is 1. The van der Waals surface area contributed by atoms with Crippen molar-refractivity contribution in [3.05, 3.63) is 66.1 Å². The third-order valence-corrected chi connectivity index (χ3v) is 7.29. The Morgan fingerprint density at radius 3 is 2.38 bits per heavy atom. The van der Waals surface area contributed by atoms with Gasteiger partial charge in [0, 0.05) is 37.4 Å². The summed E-state index contributed by atoms with van der Waals surface area (Å²) < 4.78 is 42.6. The third kappa shape index (κ3) is 3.65. The van der Waals surface area contributed by atoms with Gasteiger partial charge in [-0.2, -0.15) is 4.31 Å². The molecule has 0 aliphatic carbocycles. The standard InChI is InChI=1S/C21H22FN3O3S/c1-16-14-17-6-2-4-8-19(17)25(16)15-21(26)23-10-12-24(13-11-23)29(27,28)20-9-5-3-7-18(20)22/h2-9,14H,10-13,15H2,1H3. The van der Waals surface area contributed by atoms with Gasteiger partial charge in [0.1, 0.15) is 17.3 Å². The van der Waals surface area contributed by atoms with E-state index in [2.05, 4.69) is 0 Å². The second-order valence-electron chi connectivity index (χ2n) is 7.15. The highest BCUT2D eigenvalue weighted by molar-refractivity contribution is 7.89. The number of aromatic nitrogens is 1. The normalized spacial score (nSPS) is 15.7. The number of hydrogen-bond acceptors (Lipinski definition) is 3. The van der Waals surface area contributed by atoms with Gasteiger partial charge in [-0.1, -0.05) is 30.3 Å². The number of halogens is 1. The monoisotopic (exact) mass is 415 g/mol. The number of amides is 1. The van der Waals surface area contributed by atoms with E-state index in [0.717, 1.165) is 22.7 Å². The van der Waals surface area contributed by atoms with Crippen LogP contribution in [0.15, 0.2) is 59.5 Å². The average molecular weight is 415 g/mol. The van der Waals surface area contributed by atoms with Gasteiger partial charge in [-0.15, -0.1) is 0 Å². The number of aryl methyl sites for hydroxylation is 1. The van der Waals surface area contributed by atoms with Gasteiger partial charge in [0.05, 0.1) is 0 Å². The molecule has 0 N–H and O–H groups in total. The second kappa shape index (κ2) is 7.61. The molecule has 6 nitrogen and oxygen atoms in total. The lowest BCUT2D eigenvalue weighted by molar-refractivity contribution is -0.133. The van der Waals surface area contributed by atoms with Gasteiger partial charge in [0.25, 0.3) is 0 Å². The molecule has 1 fully saturated rings. The summed E-state index contributed by atoms with van der Waals surface area (Å²) in [6.45, 7) is 3.03. The number of para-hydroxylation sites is 1. The van der Waals surface area contributed by atoms with Gasteiger partial charge in [-0.3, -0.25) is 4.79 Å². The summed E-state index contributed by atoms with van der Waals surface area (Å²) in [5, 5.41) is 1.08. The lowest BCUT2D eigenvalue weighted by Gasteiger charge is -2.34. The SMILES string of the molecule is Cc1cc2ccccc2n1CC(=O)N1CCN(S(=O)(=O)c2ccccc2F)CC1. The number of carbonyl (C=O) groups is 1. The Bertz CT molecular complexity index is 1160. The van der Waals surface area contributed by atoms with E-state index in [1.54, 1.807) is 4.90 Å². The van der Waals surface area contributed by atoms with Crippen LogP contribution in [0.2, 0.25) is 0 Å². The van der Waals surface area contributed by atoms with Crippen LogP contribution < -0.4 is 0 Å². The quantitative estimate of drug-likeness (QED) is 0.658. The van der Waals surface area contributed by atoms with E-state index in [1.165, 1.54) is 22.5 Å². The molecular weight excluding hydrogens is 393 g/mol. The fraction of sp³-hybridized carbons (Fsp3) is 0.286. The van der Waals surface area contributed by atoms with E-state index in [0.29, 0.717) is 0 Å². The van der Waals surface area contributed by atoms with Gasteiger partial charge >= 0.3 is 0 Å². The minimum Gasteiger partial charge on any atom is -0.339 e. The summed E-state index contributed by atoms with van der Waals surface area (Å²) in [4.78, 5) is 14.2. The molecule has 1 aliphatic rings. The fourth-order valence-electron chi connectivity index (χ4n) is 3.76.